The molecule has 0 spiro atoms. The van der Waals surface area contributed by atoms with Gasteiger partial charge in [0.1, 0.15) is 6.04 Å². The first kappa shape index (κ1) is 13.1. The number of rotatable bonds is 5. The number of carbonyl (C=O) groups excluding carboxylic acids is 1. The molecular formula is C15H19N3O2. The van der Waals surface area contributed by atoms with Gasteiger partial charge in [0.05, 0.1) is 13.2 Å². The Labute approximate surface area is 118 Å². The Morgan fingerprint density at radius 1 is 1.25 bits per heavy atom. The standard InChI is InChI=1S/C15H19N3O2/c1-20-9-8-16-15-17-13(14(19)18-15)12-6-4-11(5-7-12)10-2-3-10/h4-7,10,13H,2-3,8-9H2,1H3,(H2,16,17,18,19). The lowest BCUT2D eigenvalue weighted by molar-refractivity contribution is -0.120. The van der Waals surface area contributed by atoms with Gasteiger partial charge in [-0.3, -0.25) is 15.1 Å². The monoisotopic (exact) mass is 273 g/mol. The van der Waals surface area contributed by atoms with Gasteiger partial charge in [0.25, 0.3) is 5.91 Å². The molecule has 106 valence electrons. The fourth-order valence-electron chi connectivity index (χ4n) is 2.37. The van der Waals surface area contributed by atoms with Crippen LogP contribution in [0.25, 0.3) is 0 Å². The third kappa shape index (κ3) is 2.82. The van der Waals surface area contributed by atoms with E-state index in [9.17, 15) is 4.79 Å². The van der Waals surface area contributed by atoms with Gasteiger partial charge in [0, 0.05) is 7.11 Å². The number of guanidine groups is 1. The summed E-state index contributed by atoms with van der Waals surface area (Å²) in [6, 6.07) is 7.97. The van der Waals surface area contributed by atoms with Crippen molar-refractivity contribution in [1.82, 2.24) is 10.6 Å². The molecule has 1 amide bonds. The van der Waals surface area contributed by atoms with Crippen molar-refractivity contribution in [2.75, 3.05) is 20.3 Å². The van der Waals surface area contributed by atoms with Crippen molar-refractivity contribution < 1.29 is 9.53 Å². The average Bonchev–Trinajstić information content (AvgIpc) is 3.24. The summed E-state index contributed by atoms with van der Waals surface area (Å²) in [5.41, 5.74) is 2.35. The second-order valence-corrected chi connectivity index (χ2v) is 5.23. The topological polar surface area (TPSA) is 62.7 Å². The first-order valence-electron chi connectivity index (χ1n) is 6.98. The van der Waals surface area contributed by atoms with E-state index in [2.05, 4.69) is 27.8 Å². The zero-order valence-corrected chi connectivity index (χ0v) is 11.6. The van der Waals surface area contributed by atoms with Gasteiger partial charge in [-0.15, -0.1) is 0 Å². The quantitative estimate of drug-likeness (QED) is 0.796. The molecule has 20 heavy (non-hydrogen) atoms. The van der Waals surface area contributed by atoms with E-state index in [1.807, 2.05) is 12.1 Å². The normalized spacial score (nSPS) is 23.8. The third-order valence-electron chi connectivity index (χ3n) is 3.67. The van der Waals surface area contributed by atoms with Crippen molar-refractivity contribution in [2.45, 2.75) is 24.8 Å². The second kappa shape index (κ2) is 5.63. The molecule has 0 bridgehead atoms. The molecule has 0 aromatic heterocycles. The molecule has 2 aliphatic rings. The SMILES string of the molecule is COCCN=C1NC(=O)C(c2ccc(C3CC3)cc2)N1. The number of amides is 1. The van der Waals surface area contributed by atoms with Crippen LogP contribution < -0.4 is 10.6 Å². The molecule has 1 atom stereocenters. The molecular weight excluding hydrogens is 254 g/mol. The van der Waals surface area contributed by atoms with Gasteiger partial charge in [0.2, 0.25) is 0 Å². The van der Waals surface area contributed by atoms with Crippen LogP contribution in [0.3, 0.4) is 0 Å². The lowest BCUT2D eigenvalue weighted by Crippen LogP contribution is -2.26. The Morgan fingerprint density at radius 2 is 1.95 bits per heavy atom. The summed E-state index contributed by atoms with van der Waals surface area (Å²) in [6.45, 7) is 1.08. The summed E-state index contributed by atoms with van der Waals surface area (Å²) >= 11 is 0. The van der Waals surface area contributed by atoms with Crippen molar-refractivity contribution in [3.63, 3.8) is 0 Å². The van der Waals surface area contributed by atoms with Crippen molar-refractivity contribution in [3.8, 4) is 0 Å². The molecule has 3 rings (SSSR count). The van der Waals surface area contributed by atoms with E-state index in [1.54, 1.807) is 7.11 Å². The minimum Gasteiger partial charge on any atom is -0.383 e. The van der Waals surface area contributed by atoms with E-state index in [1.165, 1.54) is 18.4 Å². The number of methoxy groups -OCH3 is 1. The Balaban J connectivity index is 1.67. The van der Waals surface area contributed by atoms with Gasteiger partial charge in [-0.25, -0.2) is 0 Å². The molecule has 5 heteroatoms. The zero-order valence-electron chi connectivity index (χ0n) is 11.6. The van der Waals surface area contributed by atoms with E-state index >= 15 is 0 Å². The van der Waals surface area contributed by atoms with Gasteiger partial charge in [-0.1, -0.05) is 24.3 Å². The van der Waals surface area contributed by atoms with Gasteiger partial charge in [-0.2, -0.15) is 0 Å². The molecule has 2 N–H and O–H groups in total. The minimum absolute atomic E-state index is 0.0552. The Kier molecular flexibility index (Phi) is 3.69. The smallest absolute Gasteiger partial charge is 0.253 e. The van der Waals surface area contributed by atoms with E-state index in [0.29, 0.717) is 19.1 Å². The average molecular weight is 273 g/mol. The molecule has 1 aliphatic carbocycles. The number of carbonyl (C=O) groups is 1. The van der Waals surface area contributed by atoms with Gasteiger partial charge < -0.3 is 10.1 Å². The molecule has 1 aliphatic heterocycles. The second-order valence-electron chi connectivity index (χ2n) is 5.23. The van der Waals surface area contributed by atoms with Gasteiger partial charge in [-0.05, 0) is 29.9 Å². The molecule has 1 saturated carbocycles. The molecule has 1 aromatic rings. The molecule has 0 radical (unpaired) electrons. The fourth-order valence-corrected chi connectivity index (χ4v) is 2.37. The van der Waals surface area contributed by atoms with Crippen LogP contribution in [-0.4, -0.2) is 32.1 Å². The molecule has 1 saturated heterocycles. The molecule has 1 heterocycles. The minimum atomic E-state index is -0.343. The predicted molar refractivity (Wildman–Crippen MR) is 76.6 cm³/mol. The summed E-state index contributed by atoms with van der Waals surface area (Å²) in [6.07, 6.45) is 2.58. The predicted octanol–water partition coefficient (Wildman–Crippen LogP) is 1.33. The number of benzene rings is 1. The molecule has 2 fully saturated rings. The van der Waals surface area contributed by atoms with Crippen LogP contribution in [0, 0.1) is 0 Å². The zero-order chi connectivity index (χ0) is 13.9. The van der Waals surface area contributed by atoms with Crippen LogP contribution in [-0.2, 0) is 9.53 Å². The number of hydrogen-bond donors (Lipinski definition) is 2. The van der Waals surface area contributed by atoms with Crippen LogP contribution in [0.4, 0.5) is 0 Å². The van der Waals surface area contributed by atoms with Gasteiger partial charge in [0.15, 0.2) is 5.96 Å². The van der Waals surface area contributed by atoms with E-state index in [0.717, 1.165) is 11.5 Å². The summed E-state index contributed by atoms with van der Waals surface area (Å²) < 4.78 is 4.93. The first-order chi connectivity index (χ1) is 9.78. The Morgan fingerprint density at radius 3 is 2.60 bits per heavy atom. The van der Waals surface area contributed by atoms with E-state index in [4.69, 9.17) is 4.74 Å². The summed E-state index contributed by atoms with van der Waals surface area (Å²) in [7, 11) is 1.63. The Bertz CT molecular complexity index is 520. The summed E-state index contributed by atoms with van der Waals surface area (Å²) in [5.74, 6) is 1.21. The first-order valence-corrected chi connectivity index (χ1v) is 6.98. The summed E-state index contributed by atoms with van der Waals surface area (Å²) in [5, 5.41) is 5.87. The van der Waals surface area contributed by atoms with Crippen LogP contribution in [0.1, 0.15) is 35.9 Å². The highest BCUT2D eigenvalue weighted by Gasteiger charge is 2.30. The van der Waals surface area contributed by atoms with Crippen LogP contribution in [0.2, 0.25) is 0 Å². The van der Waals surface area contributed by atoms with Crippen molar-refractivity contribution >= 4 is 11.9 Å². The maximum absolute atomic E-state index is 12.0. The lowest BCUT2D eigenvalue weighted by Gasteiger charge is -2.09. The van der Waals surface area contributed by atoms with Crippen LogP contribution >= 0.6 is 0 Å². The highest BCUT2D eigenvalue weighted by molar-refractivity contribution is 6.06. The summed E-state index contributed by atoms with van der Waals surface area (Å²) in [4.78, 5) is 16.2. The number of nitrogens with one attached hydrogen (secondary N) is 2. The number of ether oxygens (including phenoxy) is 1. The fraction of sp³-hybridized carbons (Fsp3) is 0.467. The van der Waals surface area contributed by atoms with Crippen molar-refractivity contribution in [1.29, 1.82) is 0 Å². The molecule has 1 unspecified atom stereocenters. The van der Waals surface area contributed by atoms with Crippen LogP contribution in [0.5, 0.6) is 0 Å². The van der Waals surface area contributed by atoms with Crippen LogP contribution in [0.15, 0.2) is 29.3 Å². The van der Waals surface area contributed by atoms with E-state index < -0.39 is 0 Å². The molecule has 5 nitrogen and oxygen atoms in total. The number of nitrogens with zero attached hydrogens (tertiary/aromatic N) is 1. The molecule has 1 aromatic carbocycles. The van der Waals surface area contributed by atoms with E-state index in [-0.39, 0.29) is 11.9 Å². The number of aliphatic imine (C=N–C) groups is 1. The third-order valence-corrected chi connectivity index (χ3v) is 3.67. The Hall–Kier alpha value is -1.88. The number of hydrogen-bond acceptors (Lipinski definition) is 3. The lowest BCUT2D eigenvalue weighted by atomic mass is 10.0. The van der Waals surface area contributed by atoms with Gasteiger partial charge >= 0.3 is 0 Å². The van der Waals surface area contributed by atoms with Crippen molar-refractivity contribution in [3.05, 3.63) is 35.4 Å². The maximum atomic E-state index is 12.0. The largest absolute Gasteiger partial charge is 0.383 e. The maximum Gasteiger partial charge on any atom is 0.253 e. The van der Waals surface area contributed by atoms with Crippen molar-refractivity contribution in [2.24, 2.45) is 4.99 Å². The highest BCUT2D eigenvalue weighted by atomic mass is 16.5. The highest BCUT2D eigenvalue weighted by Crippen LogP contribution is 2.40.